The summed E-state index contributed by atoms with van der Waals surface area (Å²) < 4.78 is 4.70. The van der Waals surface area contributed by atoms with Crippen LogP contribution in [0.25, 0.3) is 0 Å². The Bertz CT molecular complexity index is 280. The van der Waals surface area contributed by atoms with Crippen molar-refractivity contribution < 1.29 is 24.2 Å². The Balaban J connectivity index is 3.79. The number of carbonyl (C=O) groups excluding carboxylic acids is 2. The molecule has 7 nitrogen and oxygen atoms in total. The highest BCUT2D eigenvalue weighted by atomic mass is 16.5. The van der Waals surface area contributed by atoms with Crippen molar-refractivity contribution in [3.63, 3.8) is 0 Å². The first-order chi connectivity index (χ1) is 7.97. The summed E-state index contributed by atoms with van der Waals surface area (Å²) in [6, 6.07) is -0.991. The van der Waals surface area contributed by atoms with Crippen LogP contribution in [0.4, 0.5) is 0 Å². The van der Waals surface area contributed by atoms with Crippen LogP contribution in [0.2, 0.25) is 0 Å². The Morgan fingerprint density at radius 2 is 2.00 bits per heavy atom. The molecule has 3 N–H and O–H groups in total. The number of rotatable bonds is 8. The third-order valence-corrected chi connectivity index (χ3v) is 1.84. The quantitative estimate of drug-likeness (QED) is 0.379. The Morgan fingerprint density at radius 3 is 2.47 bits per heavy atom. The summed E-state index contributed by atoms with van der Waals surface area (Å²) in [4.78, 5) is 32.4. The third-order valence-electron chi connectivity index (χ3n) is 1.84. The second-order valence-corrected chi connectivity index (χ2v) is 3.35. The standard InChI is InChI=1S/C10H18N2O5/c1-3-17-9(14)4-5-11-6-8(10(15)16)12-7(2)13/h8,11H,3-6H2,1-2H3,(H,12,13)(H,15,16). The van der Waals surface area contributed by atoms with Crippen LogP contribution in [0.5, 0.6) is 0 Å². The lowest BCUT2D eigenvalue weighted by molar-refractivity contribution is -0.143. The van der Waals surface area contributed by atoms with Crippen molar-refractivity contribution >= 4 is 17.8 Å². The molecule has 0 radical (unpaired) electrons. The number of ether oxygens (including phenoxy) is 1. The Labute approximate surface area is 99.5 Å². The molecule has 0 aromatic carbocycles. The molecule has 1 unspecified atom stereocenters. The number of nitrogens with one attached hydrogen (secondary N) is 2. The first-order valence-electron chi connectivity index (χ1n) is 5.33. The number of carboxylic acids is 1. The largest absolute Gasteiger partial charge is 0.480 e. The van der Waals surface area contributed by atoms with Crippen LogP contribution >= 0.6 is 0 Å². The summed E-state index contributed by atoms with van der Waals surface area (Å²) in [7, 11) is 0. The van der Waals surface area contributed by atoms with Crippen LogP contribution in [0.15, 0.2) is 0 Å². The van der Waals surface area contributed by atoms with E-state index in [1.165, 1.54) is 6.92 Å². The molecule has 0 saturated carbocycles. The lowest BCUT2D eigenvalue weighted by Gasteiger charge is -2.13. The minimum atomic E-state index is -1.12. The van der Waals surface area contributed by atoms with Gasteiger partial charge in [-0.05, 0) is 6.92 Å². The summed E-state index contributed by atoms with van der Waals surface area (Å²) in [6.45, 7) is 3.65. The number of esters is 1. The van der Waals surface area contributed by atoms with Gasteiger partial charge in [0.25, 0.3) is 0 Å². The maximum absolute atomic E-state index is 11.0. The molecule has 17 heavy (non-hydrogen) atoms. The molecular formula is C10H18N2O5. The van der Waals surface area contributed by atoms with E-state index in [9.17, 15) is 14.4 Å². The van der Waals surface area contributed by atoms with Gasteiger partial charge in [-0.15, -0.1) is 0 Å². The van der Waals surface area contributed by atoms with Gasteiger partial charge in [-0.25, -0.2) is 4.79 Å². The van der Waals surface area contributed by atoms with Crippen LogP contribution < -0.4 is 10.6 Å². The van der Waals surface area contributed by atoms with Crippen molar-refractivity contribution in [3.05, 3.63) is 0 Å². The number of carbonyl (C=O) groups is 3. The summed E-state index contributed by atoms with van der Waals surface area (Å²) in [5, 5.41) is 13.8. The molecule has 1 atom stereocenters. The molecule has 7 heteroatoms. The van der Waals surface area contributed by atoms with Crippen LogP contribution in [-0.2, 0) is 19.1 Å². The van der Waals surface area contributed by atoms with Gasteiger partial charge in [-0.2, -0.15) is 0 Å². The highest BCUT2D eigenvalue weighted by Crippen LogP contribution is 1.86. The topological polar surface area (TPSA) is 105 Å². The predicted molar refractivity (Wildman–Crippen MR) is 59.4 cm³/mol. The number of hydrogen-bond donors (Lipinski definition) is 3. The van der Waals surface area contributed by atoms with Crippen LogP contribution in [0, 0.1) is 0 Å². The van der Waals surface area contributed by atoms with Gasteiger partial charge in [0.1, 0.15) is 6.04 Å². The van der Waals surface area contributed by atoms with Gasteiger partial charge in [0, 0.05) is 20.0 Å². The van der Waals surface area contributed by atoms with Gasteiger partial charge < -0.3 is 20.5 Å². The van der Waals surface area contributed by atoms with E-state index in [0.717, 1.165) is 0 Å². The molecule has 0 bridgehead atoms. The second kappa shape index (κ2) is 8.51. The molecule has 0 aromatic heterocycles. The number of amides is 1. The lowest BCUT2D eigenvalue weighted by Crippen LogP contribution is -2.46. The molecule has 0 aliphatic carbocycles. The predicted octanol–water partition coefficient (Wildman–Crippen LogP) is -0.881. The molecule has 0 fully saturated rings. The number of aliphatic carboxylic acids is 1. The summed E-state index contributed by atoms with van der Waals surface area (Å²) in [5.41, 5.74) is 0. The zero-order chi connectivity index (χ0) is 13.3. The monoisotopic (exact) mass is 246 g/mol. The molecule has 0 aliphatic heterocycles. The Hall–Kier alpha value is -1.63. The van der Waals surface area contributed by atoms with E-state index in [1.54, 1.807) is 6.92 Å². The van der Waals surface area contributed by atoms with Crippen molar-refractivity contribution in [2.24, 2.45) is 0 Å². The molecule has 0 aliphatic rings. The molecular weight excluding hydrogens is 228 g/mol. The zero-order valence-corrected chi connectivity index (χ0v) is 9.99. The van der Waals surface area contributed by atoms with Crippen molar-refractivity contribution in [2.45, 2.75) is 26.3 Å². The van der Waals surface area contributed by atoms with Crippen LogP contribution in [0.1, 0.15) is 20.3 Å². The van der Waals surface area contributed by atoms with Gasteiger partial charge in [-0.1, -0.05) is 0 Å². The van der Waals surface area contributed by atoms with E-state index in [0.29, 0.717) is 13.2 Å². The maximum atomic E-state index is 11.0. The average Bonchev–Trinajstić information content (AvgIpc) is 2.22. The van der Waals surface area contributed by atoms with Crippen molar-refractivity contribution in [1.29, 1.82) is 0 Å². The maximum Gasteiger partial charge on any atom is 0.327 e. The van der Waals surface area contributed by atoms with Gasteiger partial charge in [-0.3, -0.25) is 9.59 Å². The molecule has 0 rings (SSSR count). The van der Waals surface area contributed by atoms with Crippen molar-refractivity contribution in [1.82, 2.24) is 10.6 Å². The molecule has 0 saturated heterocycles. The van der Waals surface area contributed by atoms with E-state index < -0.39 is 17.9 Å². The van der Waals surface area contributed by atoms with E-state index in [4.69, 9.17) is 9.84 Å². The van der Waals surface area contributed by atoms with Crippen LogP contribution in [-0.4, -0.2) is 48.7 Å². The molecule has 1 amide bonds. The molecule has 0 heterocycles. The lowest BCUT2D eigenvalue weighted by atomic mass is 10.3. The normalized spacial score (nSPS) is 11.6. The van der Waals surface area contributed by atoms with E-state index in [-0.39, 0.29) is 18.9 Å². The summed E-state index contributed by atoms with van der Waals surface area (Å²) in [5.74, 6) is -1.88. The number of hydrogen-bond acceptors (Lipinski definition) is 5. The first kappa shape index (κ1) is 15.4. The fourth-order valence-corrected chi connectivity index (χ4v) is 1.12. The highest BCUT2D eigenvalue weighted by molar-refractivity contribution is 5.82. The minimum Gasteiger partial charge on any atom is -0.480 e. The smallest absolute Gasteiger partial charge is 0.327 e. The molecule has 0 spiro atoms. The van der Waals surface area contributed by atoms with Gasteiger partial charge in [0.15, 0.2) is 0 Å². The first-order valence-corrected chi connectivity index (χ1v) is 5.33. The Morgan fingerprint density at radius 1 is 1.35 bits per heavy atom. The van der Waals surface area contributed by atoms with Gasteiger partial charge >= 0.3 is 11.9 Å². The molecule has 0 aromatic rings. The van der Waals surface area contributed by atoms with Gasteiger partial charge in [0.05, 0.1) is 13.0 Å². The summed E-state index contributed by atoms with van der Waals surface area (Å²) >= 11 is 0. The third kappa shape index (κ3) is 8.21. The number of carboxylic acid groups (broad SMARTS) is 1. The van der Waals surface area contributed by atoms with Crippen molar-refractivity contribution in [3.8, 4) is 0 Å². The van der Waals surface area contributed by atoms with Gasteiger partial charge in [0.2, 0.25) is 5.91 Å². The van der Waals surface area contributed by atoms with Crippen LogP contribution in [0.3, 0.4) is 0 Å². The average molecular weight is 246 g/mol. The SMILES string of the molecule is CCOC(=O)CCNCC(NC(C)=O)C(=O)O. The fourth-order valence-electron chi connectivity index (χ4n) is 1.12. The fraction of sp³-hybridized carbons (Fsp3) is 0.700. The minimum absolute atomic E-state index is 0.0638. The Kier molecular flexibility index (Phi) is 7.70. The highest BCUT2D eigenvalue weighted by Gasteiger charge is 2.17. The van der Waals surface area contributed by atoms with E-state index in [1.807, 2.05) is 0 Å². The zero-order valence-electron chi connectivity index (χ0n) is 9.99. The van der Waals surface area contributed by atoms with E-state index in [2.05, 4.69) is 10.6 Å². The van der Waals surface area contributed by atoms with E-state index >= 15 is 0 Å². The molecule has 98 valence electrons. The second-order valence-electron chi connectivity index (χ2n) is 3.35. The summed E-state index contributed by atoms with van der Waals surface area (Å²) in [6.07, 6.45) is 0.167. The van der Waals surface area contributed by atoms with Crippen molar-refractivity contribution in [2.75, 3.05) is 19.7 Å².